The van der Waals surface area contributed by atoms with E-state index in [1.54, 1.807) is 31.3 Å². The van der Waals surface area contributed by atoms with Crippen LogP contribution in [0.4, 0.5) is 10.1 Å². The third-order valence-corrected chi connectivity index (χ3v) is 7.73. The van der Waals surface area contributed by atoms with E-state index in [0.29, 0.717) is 28.4 Å². The number of anilines is 1. The fourth-order valence-corrected chi connectivity index (χ4v) is 5.74. The number of nitrogens with one attached hydrogen (secondary N) is 1. The normalized spacial score (nSPS) is 20.9. The van der Waals surface area contributed by atoms with Gasteiger partial charge in [0, 0.05) is 31.3 Å². The lowest BCUT2D eigenvalue weighted by molar-refractivity contribution is -0.136. The number of rotatable bonds is 5. The number of fused-ring (bicyclic) bond motifs is 3. The Kier molecular flexibility index (Phi) is 6.39. The van der Waals surface area contributed by atoms with Gasteiger partial charge in [-0.2, -0.15) is 5.26 Å². The molecule has 3 amide bonds. The second-order valence-electron chi connectivity index (χ2n) is 10.7. The Bertz CT molecular complexity index is 1500. The number of nitrogens with zero attached hydrogens (tertiary/aromatic N) is 3. The number of amides is 3. The first-order chi connectivity index (χ1) is 18.1. The molecular formula is C30H29FN4O3. The first-order valence-electron chi connectivity index (χ1n) is 12.7. The van der Waals surface area contributed by atoms with Gasteiger partial charge in [0.25, 0.3) is 5.91 Å². The predicted molar refractivity (Wildman–Crippen MR) is 142 cm³/mol. The van der Waals surface area contributed by atoms with E-state index >= 15 is 0 Å². The molecule has 194 valence electrons. The number of halogens is 1. The van der Waals surface area contributed by atoms with Gasteiger partial charge < -0.3 is 15.1 Å². The van der Waals surface area contributed by atoms with Crippen molar-refractivity contribution >= 4 is 34.2 Å². The summed E-state index contributed by atoms with van der Waals surface area (Å²) >= 11 is 0. The molecule has 7 nitrogen and oxygen atoms in total. The molecule has 1 spiro atoms. The van der Waals surface area contributed by atoms with E-state index in [-0.39, 0.29) is 42.4 Å². The SMILES string of the molecule is CC(C)C[C@@H](C(=O)N1C[C@]2(C[C@H]1C#N)C(=O)Nc1ccccc12)N(C)C(=O)c1ccc2cc(F)ccc2c1. The van der Waals surface area contributed by atoms with Gasteiger partial charge in [-0.25, -0.2) is 4.39 Å². The molecule has 0 radical (unpaired) electrons. The van der Waals surface area contributed by atoms with Crippen LogP contribution in [0.15, 0.2) is 60.7 Å². The molecule has 0 bridgehead atoms. The first kappa shape index (κ1) is 25.4. The first-order valence-corrected chi connectivity index (χ1v) is 12.7. The van der Waals surface area contributed by atoms with Crippen molar-refractivity contribution in [2.45, 2.75) is 44.2 Å². The number of carbonyl (C=O) groups excluding carboxylic acids is 3. The molecule has 1 saturated heterocycles. The third-order valence-electron chi connectivity index (χ3n) is 7.73. The van der Waals surface area contributed by atoms with Crippen LogP contribution in [-0.2, 0) is 15.0 Å². The Morgan fingerprint density at radius 2 is 1.87 bits per heavy atom. The van der Waals surface area contributed by atoms with E-state index in [0.717, 1.165) is 5.56 Å². The van der Waals surface area contributed by atoms with Crippen molar-refractivity contribution in [1.82, 2.24) is 9.80 Å². The molecule has 5 rings (SSSR count). The molecule has 2 heterocycles. The second-order valence-corrected chi connectivity index (χ2v) is 10.7. The monoisotopic (exact) mass is 512 g/mol. The van der Waals surface area contributed by atoms with Crippen molar-refractivity contribution in [3.63, 3.8) is 0 Å². The summed E-state index contributed by atoms with van der Waals surface area (Å²) in [4.78, 5) is 43.7. The number of hydrogen-bond acceptors (Lipinski definition) is 4. The number of nitriles is 1. The summed E-state index contributed by atoms with van der Waals surface area (Å²) in [5.74, 6) is -1.18. The number of likely N-dealkylation sites (tertiary alicyclic amines) is 1. The molecule has 38 heavy (non-hydrogen) atoms. The molecule has 3 atom stereocenters. The summed E-state index contributed by atoms with van der Waals surface area (Å²) in [5.41, 5.74) is 0.876. The molecule has 0 aromatic heterocycles. The van der Waals surface area contributed by atoms with Gasteiger partial charge in [0.2, 0.25) is 11.8 Å². The van der Waals surface area contributed by atoms with Gasteiger partial charge >= 0.3 is 0 Å². The van der Waals surface area contributed by atoms with Crippen molar-refractivity contribution in [2.24, 2.45) is 5.92 Å². The lowest BCUT2D eigenvalue weighted by Gasteiger charge is -2.33. The maximum atomic E-state index is 14.0. The van der Waals surface area contributed by atoms with E-state index in [9.17, 15) is 24.0 Å². The lowest BCUT2D eigenvalue weighted by Crippen LogP contribution is -2.52. The lowest BCUT2D eigenvalue weighted by atomic mass is 9.80. The molecule has 3 aromatic carbocycles. The van der Waals surface area contributed by atoms with E-state index < -0.39 is 17.5 Å². The minimum Gasteiger partial charge on any atom is -0.330 e. The van der Waals surface area contributed by atoms with Crippen LogP contribution in [0.5, 0.6) is 0 Å². The van der Waals surface area contributed by atoms with E-state index in [2.05, 4.69) is 11.4 Å². The van der Waals surface area contributed by atoms with Gasteiger partial charge in [0.1, 0.15) is 17.9 Å². The number of likely N-dealkylation sites (N-methyl/N-ethyl adjacent to an activating group) is 1. The van der Waals surface area contributed by atoms with E-state index in [4.69, 9.17) is 0 Å². The third kappa shape index (κ3) is 4.18. The molecule has 0 saturated carbocycles. The van der Waals surface area contributed by atoms with Crippen LogP contribution in [-0.4, -0.2) is 53.2 Å². The van der Waals surface area contributed by atoms with Crippen LogP contribution in [0.3, 0.4) is 0 Å². The van der Waals surface area contributed by atoms with Gasteiger partial charge in [-0.15, -0.1) is 0 Å². The number of para-hydroxylation sites is 1. The summed E-state index contributed by atoms with van der Waals surface area (Å²) in [7, 11) is 1.59. The maximum Gasteiger partial charge on any atom is 0.254 e. The Morgan fingerprint density at radius 1 is 1.16 bits per heavy atom. The Morgan fingerprint density at radius 3 is 2.61 bits per heavy atom. The standard InChI is InChI=1S/C30H29FN4O3/c1-18(2)12-26(34(3)27(36)21-9-8-20-14-22(31)11-10-19(20)13-21)28(37)35-17-30(15-23(35)16-32)24-6-4-5-7-25(24)33-29(30)38/h4-11,13-14,18,23,26H,12,15,17H2,1-3H3,(H,33,38)/t23-,26-,30-/m0/s1. The fraction of sp³-hybridized carbons (Fsp3) is 0.333. The van der Waals surface area contributed by atoms with Crippen molar-refractivity contribution in [3.05, 3.63) is 77.6 Å². The second kappa shape index (κ2) is 9.56. The topological polar surface area (TPSA) is 93.5 Å². The highest BCUT2D eigenvalue weighted by Gasteiger charge is 2.56. The zero-order valence-electron chi connectivity index (χ0n) is 21.6. The summed E-state index contributed by atoms with van der Waals surface area (Å²) in [5, 5.41) is 14.3. The number of carbonyl (C=O) groups is 3. The minimum absolute atomic E-state index is 0.0745. The molecule has 2 aliphatic rings. The van der Waals surface area contributed by atoms with E-state index in [1.807, 2.05) is 38.1 Å². The molecule has 3 aromatic rings. The van der Waals surface area contributed by atoms with Crippen LogP contribution < -0.4 is 5.32 Å². The molecule has 2 aliphatic heterocycles. The van der Waals surface area contributed by atoms with Crippen LogP contribution in [0.25, 0.3) is 10.8 Å². The van der Waals surface area contributed by atoms with Gasteiger partial charge in [-0.3, -0.25) is 14.4 Å². The van der Waals surface area contributed by atoms with Gasteiger partial charge in [0.15, 0.2) is 0 Å². The van der Waals surface area contributed by atoms with E-state index in [1.165, 1.54) is 21.9 Å². The zero-order chi connectivity index (χ0) is 27.2. The highest BCUT2D eigenvalue weighted by atomic mass is 19.1. The molecule has 8 heteroatoms. The van der Waals surface area contributed by atoms with Crippen LogP contribution >= 0.6 is 0 Å². The van der Waals surface area contributed by atoms with Gasteiger partial charge in [0.05, 0.1) is 11.5 Å². The zero-order valence-corrected chi connectivity index (χ0v) is 21.6. The largest absolute Gasteiger partial charge is 0.330 e. The highest BCUT2D eigenvalue weighted by molar-refractivity contribution is 6.07. The molecule has 1 N–H and O–H groups in total. The molecule has 0 unspecified atom stereocenters. The van der Waals surface area contributed by atoms with Crippen molar-refractivity contribution in [1.29, 1.82) is 5.26 Å². The summed E-state index contributed by atoms with van der Waals surface area (Å²) < 4.78 is 13.6. The maximum absolute atomic E-state index is 14.0. The fourth-order valence-electron chi connectivity index (χ4n) is 5.74. The Hall–Kier alpha value is -4.25. The molecular weight excluding hydrogens is 483 g/mol. The Balaban J connectivity index is 1.45. The van der Waals surface area contributed by atoms with Crippen LogP contribution in [0.1, 0.15) is 42.6 Å². The van der Waals surface area contributed by atoms with Crippen molar-refractivity contribution in [2.75, 3.05) is 18.9 Å². The van der Waals surface area contributed by atoms with Crippen LogP contribution in [0, 0.1) is 23.1 Å². The summed E-state index contributed by atoms with van der Waals surface area (Å²) in [6.07, 6.45) is 0.593. The average molecular weight is 513 g/mol. The summed E-state index contributed by atoms with van der Waals surface area (Å²) in [6, 6.07) is 17.3. The number of benzene rings is 3. The number of hydrogen-bond donors (Lipinski definition) is 1. The molecule has 1 fully saturated rings. The molecule has 0 aliphatic carbocycles. The van der Waals surface area contributed by atoms with Gasteiger partial charge in [-0.05, 0) is 59.0 Å². The Labute approximate surface area is 220 Å². The quantitative estimate of drug-likeness (QED) is 0.546. The van der Waals surface area contributed by atoms with Crippen molar-refractivity contribution < 1.29 is 18.8 Å². The van der Waals surface area contributed by atoms with Crippen LogP contribution in [0.2, 0.25) is 0 Å². The smallest absolute Gasteiger partial charge is 0.254 e. The average Bonchev–Trinajstić information content (AvgIpc) is 3.43. The van der Waals surface area contributed by atoms with Crippen molar-refractivity contribution in [3.8, 4) is 6.07 Å². The highest BCUT2D eigenvalue weighted by Crippen LogP contribution is 2.46. The summed E-state index contributed by atoms with van der Waals surface area (Å²) in [6.45, 7) is 4.01. The van der Waals surface area contributed by atoms with Gasteiger partial charge in [-0.1, -0.05) is 44.2 Å². The minimum atomic E-state index is -0.995. The predicted octanol–water partition coefficient (Wildman–Crippen LogP) is 4.48.